The molecule has 1 saturated heterocycles. The lowest BCUT2D eigenvalue weighted by atomic mass is 9.93. The molecular weight excluding hydrogens is 528 g/mol. The van der Waals surface area contributed by atoms with E-state index in [1.807, 2.05) is 37.8 Å². The van der Waals surface area contributed by atoms with E-state index in [1.54, 1.807) is 13.1 Å². The van der Waals surface area contributed by atoms with Gasteiger partial charge < -0.3 is 33.8 Å². The van der Waals surface area contributed by atoms with Gasteiger partial charge in [-0.2, -0.15) is 4.98 Å². The second-order valence-corrected chi connectivity index (χ2v) is 10.4. The van der Waals surface area contributed by atoms with Crippen molar-refractivity contribution in [2.45, 2.75) is 64.3 Å². The van der Waals surface area contributed by atoms with Crippen LogP contribution >= 0.6 is 0 Å². The summed E-state index contributed by atoms with van der Waals surface area (Å²) in [6.45, 7) is 6.76. The Hall–Kier alpha value is -4.26. The molecule has 0 radical (unpaired) electrons. The molecular formula is C28H34N8O5. The number of ether oxygens (including phenoxy) is 3. The van der Waals surface area contributed by atoms with Crippen LogP contribution in [0.15, 0.2) is 43.2 Å². The molecule has 4 aromatic rings. The predicted octanol–water partition coefficient (Wildman–Crippen LogP) is 4.49. The van der Waals surface area contributed by atoms with Crippen molar-refractivity contribution < 1.29 is 19.1 Å². The highest BCUT2D eigenvalue weighted by Gasteiger charge is 2.28. The largest absolute Gasteiger partial charge is 0.484 e. The summed E-state index contributed by atoms with van der Waals surface area (Å²) in [5.74, 6) is 1.73. The second kappa shape index (κ2) is 11.7. The van der Waals surface area contributed by atoms with Crippen molar-refractivity contribution in [3.8, 4) is 11.6 Å². The number of pyridine rings is 2. The fourth-order valence-electron chi connectivity index (χ4n) is 5.65. The fourth-order valence-corrected chi connectivity index (χ4v) is 5.65. The van der Waals surface area contributed by atoms with E-state index in [4.69, 9.17) is 24.2 Å². The van der Waals surface area contributed by atoms with E-state index in [-0.39, 0.29) is 11.9 Å². The van der Waals surface area contributed by atoms with E-state index in [1.165, 1.54) is 10.9 Å². The first-order valence-corrected chi connectivity index (χ1v) is 14.1. The van der Waals surface area contributed by atoms with E-state index in [9.17, 15) is 10.1 Å². The molecule has 0 aromatic carbocycles. The fraction of sp³-hybridized carbons (Fsp3) is 0.500. The van der Waals surface area contributed by atoms with Gasteiger partial charge >= 0.3 is 5.82 Å². The monoisotopic (exact) mass is 562 g/mol. The molecule has 216 valence electrons. The maximum Gasteiger partial charge on any atom is 0.351 e. The number of hydrogen-bond acceptors (Lipinski definition) is 10. The van der Waals surface area contributed by atoms with Gasteiger partial charge in [-0.05, 0) is 50.5 Å². The normalized spacial score (nSPS) is 20.2. The minimum atomic E-state index is -0.613. The zero-order valence-corrected chi connectivity index (χ0v) is 23.3. The number of fused-ring (bicyclic) bond motifs is 1. The Morgan fingerprint density at radius 1 is 1.17 bits per heavy atom. The van der Waals surface area contributed by atoms with Crippen LogP contribution in [-0.2, 0) is 11.3 Å². The van der Waals surface area contributed by atoms with Crippen molar-refractivity contribution in [2.24, 2.45) is 0 Å². The number of rotatable bonds is 9. The van der Waals surface area contributed by atoms with Crippen LogP contribution in [0.4, 0.5) is 11.6 Å². The summed E-state index contributed by atoms with van der Waals surface area (Å²) >= 11 is 0. The number of aryl methyl sites for hydroxylation is 1. The summed E-state index contributed by atoms with van der Waals surface area (Å²) in [4.78, 5) is 27.3. The van der Waals surface area contributed by atoms with Crippen molar-refractivity contribution in [3.63, 3.8) is 0 Å². The van der Waals surface area contributed by atoms with Crippen molar-refractivity contribution >= 4 is 22.5 Å². The van der Waals surface area contributed by atoms with Gasteiger partial charge in [0.15, 0.2) is 0 Å². The van der Waals surface area contributed by atoms with Gasteiger partial charge in [0.25, 0.3) is 0 Å². The van der Waals surface area contributed by atoms with Crippen molar-refractivity contribution in [1.82, 2.24) is 29.3 Å². The molecule has 4 aromatic heterocycles. The third-order valence-electron chi connectivity index (χ3n) is 7.87. The van der Waals surface area contributed by atoms with E-state index < -0.39 is 11.0 Å². The van der Waals surface area contributed by atoms with Gasteiger partial charge in [-0.1, -0.05) is 5.10 Å². The Bertz CT molecular complexity index is 1490. The third kappa shape index (κ3) is 5.67. The van der Waals surface area contributed by atoms with Gasteiger partial charge in [-0.3, -0.25) is 4.98 Å². The molecule has 41 heavy (non-hydrogen) atoms. The van der Waals surface area contributed by atoms with Crippen LogP contribution in [0.1, 0.15) is 57.2 Å². The zero-order chi connectivity index (χ0) is 28.3. The first-order chi connectivity index (χ1) is 20.0. The average Bonchev–Trinajstić information content (AvgIpc) is 3.69. The minimum absolute atomic E-state index is 0.0245. The molecule has 0 bridgehead atoms. The molecule has 13 nitrogen and oxygen atoms in total. The maximum atomic E-state index is 11.7. The summed E-state index contributed by atoms with van der Waals surface area (Å²) in [5, 5.41) is 16.6. The molecule has 0 amide bonds. The first-order valence-electron chi connectivity index (χ1n) is 14.1. The number of nitrogens with zero attached hydrogens (tertiary/aromatic N) is 8. The van der Waals surface area contributed by atoms with Crippen molar-refractivity contribution in [3.05, 3.63) is 58.9 Å². The number of nitro groups is 1. The van der Waals surface area contributed by atoms with Gasteiger partial charge in [-0.15, -0.1) is 4.68 Å². The lowest BCUT2D eigenvalue weighted by Gasteiger charge is -2.31. The molecule has 2 fully saturated rings. The van der Waals surface area contributed by atoms with Gasteiger partial charge in [0.1, 0.15) is 35.9 Å². The standard InChI is InChI=1S/C28H34N8O5/c1-3-35-28(36(37)38)24(17-31-35)19(2)40-22-14-23-25(30-16-22)15-26(33-10-12-39-13-11-33)32-27(23)41-21-6-4-20(5-7-21)34-9-8-29-18-34/h8-9,14-21H,3-7,10-13H2,1-2H3/t19?,20-,21+. The molecule has 1 aliphatic carbocycles. The van der Waals surface area contributed by atoms with E-state index in [0.29, 0.717) is 43.0 Å². The number of morpholine rings is 1. The SMILES string of the molecule is CCn1ncc(C(C)Oc2cnc3cc(N4CCOCC4)nc(O[C@H]4CC[C@@H](n5ccnc5)CC4)c3c2)c1[N+](=O)[O-]. The molecule has 2 aliphatic rings. The molecule has 5 heterocycles. The van der Waals surface area contributed by atoms with Gasteiger partial charge in [0, 0.05) is 37.6 Å². The van der Waals surface area contributed by atoms with Crippen LogP contribution in [-0.4, -0.2) is 66.6 Å². The van der Waals surface area contributed by atoms with Crippen LogP contribution in [0.2, 0.25) is 0 Å². The Balaban J connectivity index is 1.27. The van der Waals surface area contributed by atoms with Crippen LogP contribution in [0.3, 0.4) is 0 Å². The summed E-state index contributed by atoms with van der Waals surface area (Å²) < 4.78 is 21.8. The van der Waals surface area contributed by atoms with E-state index >= 15 is 0 Å². The van der Waals surface area contributed by atoms with Crippen LogP contribution in [0, 0.1) is 10.1 Å². The highest BCUT2D eigenvalue weighted by molar-refractivity contribution is 5.87. The smallest absolute Gasteiger partial charge is 0.351 e. The summed E-state index contributed by atoms with van der Waals surface area (Å²) in [7, 11) is 0. The number of anilines is 1. The Labute approximate surface area is 237 Å². The second-order valence-electron chi connectivity index (χ2n) is 10.4. The first kappa shape index (κ1) is 26.9. The van der Waals surface area contributed by atoms with Gasteiger partial charge in [0.05, 0.1) is 42.8 Å². The van der Waals surface area contributed by atoms with Crippen LogP contribution in [0.25, 0.3) is 10.9 Å². The minimum Gasteiger partial charge on any atom is -0.484 e. The van der Waals surface area contributed by atoms with E-state index in [2.05, 4.69) is 19.5 Å². The van der Waals surface area contributed by atoms with Crippen molar-refractivity contribution in [1.29, 1.82) is 0 Å². The average molecular weight is 563 g/mol. The third-order valence-corrected chi connectivity index (χ3v) is 7.87. The summed E-state index contributed by atoms with van der Waals surface area (Å²) in [6.07, 6.45) is 12.0. The summed E-state index contributed by atoms with van der Waals surface area (Å²) in [5.41, 5.74) is 1.15. The quantitative estimate of drug-likeness (QED) is 0.212. The number of hydrogen-bond donors (Lipinski definition) is 0. The number of imidazole rings is 1. The molecule has 0 spiro atoms. The maximum absolute atomic E-state index is 11.7. The highest BCUT2D eigenvalue weighted by atomic mass is 16.6. The molecule has 1 aliphatic heterocycles. The lowest BCUT2D eigenvalue weighted by molar-refractivity contribution is -0.393. The summed E-state index contributed by atoms with van der Waals surface area (Å²) in [6, 6.07) is 4.25. The highest BCUT2D eigenvalue weighted by Crippen LogP contribution is 2.36. The number of aromatic nitrogens is 6. The lowest BCUT2D eigenvalue weighted by Crippen LogP contribution is -2.36. The molecule has 0 N–H and O–H groups in total. The molecule has 6 rings (SSSR count). The van der Waals surface area contributed by atoms with Gasteiger partial charge in [-0.25, -0.2) is 4.98 Å². The molecule has 13 heteroatoms. The van der Waals surface area contributed by atoms with Crippen LogP contribution in [0.5, 0.6) is 11.6 Å². The zero-order valence-electron chi connectivity index (χ0n) is 23.3. The van der Waals surface area contributed by atoms with Gasteiger partial charge in [0.2, 0.25) is 5.88 Å². The van der Waals surface area contributed by atoms with Crippen molar-refractivity contribution in [2.75, 3.05) is 31.2 Å². The Kier molecular flexibility index (Phi) is 7.68. The molecule has 1 atom stereocenters. The molecule has 1 saturated carbocycles. The molecule has 1 unspecified atom stereocenters. The van der Waals surface area contributed by atoms with Crippen LogP contribution < -0.4 is 14.4 Å². The van der Waals surface area contributed by atoms with E-state index in [0.717, 1.165) is 55.5 Å². The topological polar surface area (TPSA) is 135 Å². The predicted molar refractivity (Wildman–Crippen MR) is 150 cm³/mol. The Morgan fingerprint density at radius 3 is 2.68 bits per heavy atom. The Morgan fingerprint density at radius 2 is 1.98 bits per heavy atom.